The van der Waals surface area contributed by atoms with Gasteiger partial charge in [-0.05, 0) is 70.5 Å². The van der Waals surface area contributed by atoms with Crippen molar-refractivity contribution in [2.45, 2.75) is 87.5 Å². The monoisotopic (exact) mass is 554 g/mol. The maximum absolute atomic E-state index is 5.89. The highest BCUT2D eigenvalue weighted by atomic mass is 16.5. The normalized spacial score (nSPS) is 11.3. The van der Waals surface area contributed by atoms with Crippen LogP contribution in [0.4, 0.5) is 0 Å². The highest BCUT2D eigenvalue weighted by Crippen LogP contribution is 2.56. The molecule has 0 heterocycles. The summed E-state index contributed by atoms with van der Waals surface area (Å²) >= 11 is 0. The van der Waals surface area contributed by atoms with Crippen molar-refractivity contribution < 1.29 is 9.47 Å². The Bertz CT molecular complexity index is 1120. The van der Waals surface area contributed by atoms with Crippen molar-refractivity contribution in [1.82, 2.24) is 0 Å². The van der Waals surface area contributed by atoms with Gasteiger partial charge in [-0.1, -0.05) is 142 Å². The van der Waals surface area contributed by atoms with Crippen LogP contribution in [0.2, 0.25) is 0 Å². The minimum absolute atomic E-state index is 0.389. The molecule has 4 aromatic rings. The predicted molar refractivity (Wildman–Crippen MR) is 181 cm³/mol. The van der Waals surface area contributed by atoms with E-state index in [1.807, 2.05) is 55.4 Å². The van der Waals surface area contributed by atoms with E-state index in [0.717, 1.165) is 37.6 Å². The number of fused-ring (bicyclic) bond motifs is 3. The molecule has 222 valence electrons. The van der Waals surface area contributed by atoms with Crippen molar-refractivity contribution in [1.29, 1.82) is 0 Å². The van der Waals surface area contributed by atoms with Crippen LogP contribution in [0.5, 0.6) is 11.5 Å². The molecule has 0 fully saturated rings. The first kappa shape index (κ1) is 35.5. The zero-order valence-corrected chi connectivity index (χ0v) is 27.4. The van der Waals surface area contributed by atoms with Crippen LogP contribution in [-0.2, 0) is 5.41 Å². The van der Waals surface area contributed by atoms with Gasteiger partial charge in [0.15, 0.2) is 0 Å². The molecule has 0 bridgehead atoms. The summed E-state index contributed by atoms with van der Waals surface area (Å²) in [4.78, 5) is 0. The Morgan fingerprint density at radius 3 is 1.07 bits per heavy atom. The summed E-state index contributed by atoms with van der Waals surface area (Å²) < 4.78 is 11.8. The van der Waals surface area contributed by atoms with Crippen molar-refractivity contribution in [2.24, 2.45) is 0 Å². The fourth-order valence-electron chi connectivity index (χ4n) is 5.07. The molecule has 4 aromatic carbocycles. The molecular weight excluding hydrogens is 500 g/mol. The molecule has 0 aliphatic heterocycles. The van der Waals surface area contributed by atoms with E-state index >= 15 is 0 Å². The third-order valence-electron chi connectivity index (χ3n) is 6.47. The van der Waals surface area contributed by atoms with Crippen molar-refractivity contribution in [3.05, 3.63) is 119 Å². The Morgan fingerprint density at radius 2 is 0.756 bits per heavy atom. The third kappa shape index (κ3) is 7.82. The average Bonchev–Trinajstić information content (AvgIpc) is 3.38. The lowest BCUT2D eigenvalue weighted by Crippen LogP contribution is -2.28. The van der Waals surface area contributed by atoms with Gasteiger partial charge in [-0.3, -0.25) is 0 Å². The van der Waals surface area contributed by atoms with Gasteiger partial charge in [-0.2, -0.15) is 0 Å². The van der Waals surface area contributed by atoms with Gasteiger partial charge in [0.1, 0.15) is 11.5 Å². The predicted octanol–water partition coefficient (Wildman–Crippen LogP) is 11.7. The maximum atomic E-state index is 5.89. The molecule has 2 nitrogen and oxygen atoms in total. The second-order valence-electron chi connectivity index (χ2n) is 8.59. The Labute approximate surface area is 251 Å². The van der Waals surface area contributed by atoms with Crippen LogP contribution in [0.3, 0.4) is 0 Å². The summed E-state index contributed by atoms with van der Waals surface area (Å²) in [7, 11) is 0. The molecule has 0 aromatic heterocycles. The van der Waals surface area contributed by atoms with Crippen molar-refractivity contribution >= 4 is 0 Å². The second-order valence-corrected chi connectivity index (χ2v) is 8.59. The highest BCUT2D eigenvalue weighted by molar-refractivity contribution is 5.86. The lowest BCUT2D eigenvalue weighted by atomic mass is 9.68. The van der Waals surface area contributed by atoms with E-state index in [4.69, 9.17) is 9.47 Å². The Morgan fingerprint density at radius 1 is 0.439 bits per heavy atom. The molecule has 0 radical (unpaired) electrons. The number of hydrogen-bond acceptors (Lipinski definition) is 2. The molecular formula is C39H54O2. The largest absolute Gasteiger partial charge is 0.494 e. The maximum Gasteiger partial charge on any atom is 0.119 e. The number of rotatable bonds is 8. The SMILES string of the molecule is CC.CC.CC.CC.CCCOc1ccc(C2(c3ccc(OCCC)cc3)c3ccccc3-c3ccccc32)cc1. The van der Waals surface area contributed by atoms with Gasteiger partial charge in [0, 0.05) is 0 Å². The van der Waals surface area contributed by atoms with Crippen LogP contribution in [-0.4, -0.2) is 13.2 Å². The molecule has 0 saturated heterocycles. The standard InChI is InChI=1S/C31H30O2.4C2H6/c1-3-21-32-25-17-13-23(14-18-25)31(24-15-19-26(20-16-24)33-22-4-2)29-11-7-5-9-27(29)28-10-6-8-12-30(28)31;4*1-2/h5-20H,3-4,21-22H2,1-2H3;4*1-2H3. The Balaban J connectivity index is 0.000000969. The smallest absolute Gasteiger partial charge is 0.119 e. The van der Waals surface area contributed by atoms with E-state index in [0.29, 0.717) is 0 Å². The van der Waals surface area contributed by atoms with Gasteiger partial charge in [-0.15, -0.1) is 0 Å². The molecule has 41 heavy (non-hydrogen) atoms. The summed E-state index contributed by atoms with van der Waals surface area (Å²) in [5, 5.41) is 0. The van der Waals surface area contributed by atoms with Crippen LogP contribution >= 0.6 is 0 Å². The molecule has 0 spiro atoms. The van der Waals surface area contributed by atoms with Gasteiger partial charge in [0.25, 0.3) is 0 Å². The minimum Gasteiger partial charge on any atom is -0.494 e. The summed E-state index contributed by atoms with van der Waals surface area (Å²) in [5.74, 6) is 1.83. The van der Waals surface area contributed by atoms with Gasteiger partial charge in [0.2, 0.25) is 0 Å². The van der Waals surface area contributed by atoms with E-state index in [2.05, 4.69) is 111 Å². The molecule has 2 heteroatoms. The van der Waals surface area contributed by atoms with Crippen molar-refractivity contribution in [2.75, 3.05) is 13.2 Å². The molecule has 0 saturated carbocycles. The molecule has 0 amide bonds. The van der Waals surface area contributed by atoms with Gasteiger partial charge in [-0.25, -0.2) is 0 Å². The number of hydrogen-bond donors (Lipinski definition) is 0. The fourth-order valence-corrected chi connectivity index (χ4v) is 5.07. The van der Waals surface area contributed by atoms with E-state index in [-0.39, 0.29) is 5.41 Å². The highest BCUT2D eigenvalue weighted by Gasteiger charge is 2.45. The van der Waals surface area contributed by atoms with Gasteiger partial charge >= 0.3 is 0 Å². The topological polar surface area (TPSA) is 18.5 Å². The molecule has 1 aliphatic rings. The summed E-state index contributed by atoms with van der Waals surface area (Å²) in [5.41, 5.74) is 7.32. The number of benzene rings is 4. The fraction of sp³-hybridized carbons (Fsp3) is 0.385. The van der Waals surface area contributed by atoms with Crippen LogP contribution in [0, 0.1) is 0 Å². The first-order chi connectivity index (χ1) is 20.3. The van der Waals surface area contributed by atoms with Gasteiger partial charge in [0.05, 0.1) is 18.6 Å². The molecule has 0 atom stereocenters. The molecule has 1 aliphatic carbocycles. The van der Waals surface area contributed by atoms with Crippen LogP contribution < -0.4 is 9.47 Å². The van der Waals surface area contributed by atoms with E-state index in [1.54, 1.807) is 0 Å². The Kier molecular flexibility index (Phi) is 16.9. The Hall–Kier alpha value is -3.52. The second kappa shape index (κ2) is 19.5. The zero-order valence-electron chi connectivity index (χ0n) is 27.4. The molecule has 0 unspecified atom stereocenters. The van der Waals surface area contributed by atoms with Gasteiger partial charge < -0.3 is 9.47 Å². The average molecular weight is 555 g/mol. The minimum atomic E-state index is -0.389. The zero-order chi connectivity index (χ0) is 30.7. The van der Waals surface area contributed by atoms with Crippen molar-refractivity contribution in [3.8, 4) is 22.6 Å². The van der Waals surface area contributed by atoms with E-state index < -0.39 is 0 Å². The summed E-state index contributed by atoms with van der Waals surface area (Å²) in [6.45, 7) is 21.7. The van der Waals surface area contributed by atoms with Crippen molar-refractivity contribution in [3.63, 3.8) is 0 Å². The van der Waals surface area contributed by atoms with Crippen LogP contribution in [0.1, 0.15) is 104 Å². The summed E-state index contributed by atoms with van der Waals surface area (Å²) in [6, 6.07) is 34.9. The van der Waals surface area contributed by atoms with Crippen LogP contribution in [0.25, 0.3) is 11.1 Å². The molecule has 5 rings (SSSR count). The number of ether oxygens (including phenoxy) is 2. The van der Waals surface area contributed by atoms with E-state index in [1.165, 1.54) is 33.4 Å². The first-order valence-corrected chi connectivity index (χ1v) is 15.9. The molecule has 0 N–H and O–H groups in total. The van der Waals surface area contributed by atoms with Crippen LogP contribution in [0.15, 0.2) is 97.1 Å². The lowest BCUT2D eigenvalue weighted by Gasteiger charge is -2.34. The quantitative estimate of drug-likeness (QED) is 0.190. The summed E-state index contributed by atoms with van der Waals surface area (Å²) in [6.07, 6.45) is 2.00. The van der Waals surface area contributed by atoms with E-state index in [9.17, 15) is 0 Å². The lowest BCUT2D eigenvalue weighted by molar-refractivity contribution is 0.317. The first-order valence-electron chi connectivity index (χ1n) is 15.9. The third-order valence-corrected chi connectivity index (χ3v) is 6.47.